The van der Waals surface area contributed by atoms with Crippen molar-refractivity contribution in [2.75, 3.05) is 26.3 Å². The lowest BCUT2D eigenvalue weighted by Gasteiger charge is -2.32. The second-order valence-electron chi connectivity index (χ2n) is 5.96. The second kappa shape index (κ2) is 8.49. The number of carbonyl (C=O) groups excluding carboxylic acids is 1. The van der Waals surface area contributed by atoms with Crippen molar-refractivity contribution in [3.8, 4) is 5.75 Å². The summed E-state index contributed by atoms with van der Waals surface area (Å²) in [6.45, 7) is 5.54. The summed E-state index contributed by atoms with van der Waals surface area (Å²) in [7, 11) is 0. The zero-order valence-corrected chi connectivity index (χ0v) is 14.0. The predicted octanol–water partition coefficient (Wildman–Crippen LogP) is 2.35. The molecule has 1 aromatic rings. The van der Waals surface area contributed by atoms with Gasteiger partial charge in [-0.2, -0.15) is 0 Å². The molecular formula is C18H23NO5. The second-order valence-corrected chi connectivity index (χ2v) is 5.96. The molecule has 1 saturated heterocycles. The van der Waals surface area contributed by atoms with Crippen LogP contribution < -0.4 is 4.74 Å². The number of carbonyl (C=O) groups is 2. The summed E-state index contributed by atoms with van der Waals surface area (Å²) in [4.78, 5) is 25.1. The molecule has 0 aromatic heterocycles. The van der Waals surface area contributed by atoms with Gasteiger partial charge in [0.1, 0.15) is 12.4 Å². The molecule has 0 bridgehead atoms. The Labute approximate surface area is 141 Å². The van der Waals surface area contributed by atoms with Crippen molar-refractivity contribution < 1.29 is 24.2 Å². The van der Waals surface area contributed by atoms with E-state index in [0.717, 1.165) is 0 Å². The largest absolute Gasteiger partial charge is 0.490 e. The van der Waals surface area contributed by atoms with Crippen molar-refractivity contribution in [1.29, 1.82) is 0 Å². The third-order valence-electron chi connectivity index (χ3n) is 3.65. The van der Waals surface area contributed by atoms with Crippen LogP contribution >= 0.6 is 0 Å². The highest BCUT2D eigenvalue weighted by Crippen LogP contribution is 2.17. The molecule has 6 heteroatoms. The average Bonchev–Trinajstić information content (AvgIpc) is 2.54. The first kappa shape index (κ1) is 18.0. The number of hydrogen-bond donors (Lipinski definition) is 1. The minimum absolute atomic E-state index is 0.102. The molecule has 0 radical (unpaired) electrons. The number of allylic oxidation sites excluding steroid dienone is 1. The lowest BCUT2D eigenvalue weighted by atomic mass is 10.1. The third kappa shape index (κ3) is 5.38. The highest BCUT2D eigenvalue weighted by Gasteiger charge is 2.26. The predicted molar refractivity (Wildman–Crippen MR) is 89.3 cm³/mol. The number of ether oxygens (including phenoxy) is 2. The first-order valence-corrected chi connectivity index (χ1v) is 7.94. The van der Waals surface area contributed by atoms with E-state index >= 15 is 0 Å². The SMILES string of the molecule is CC(C)=CCOc1cccc(C(=O)N2CCOC(CC(=O)O)C2)c1. The van der Waals surface area contributed by atoms with E-state index in [0.29, 0.717) is 31.1 Å². The molecule has 1 amide bonds. The Balaban J connectivity index is 2.01. The molecule has 0 saturated carbocycles. The molecule has 1 aliphatic rings. The topological polar surface area (TPSA) is 76.1 Å². The average molecular weight is 333 g/mol. The van der Waals surface area contributed by atoms with E-state index < -0.39 is 12.1 Å². The smallest absolute Gasteiger partial charge is 0.306 e. The highest BCUT2D eigenvalue weighted by molar-refractivity contribution is 5.94. The van der Waals surface area contributed by atoms with Crippen molar-refractivity contribution in [2.45, 2.75) is 26.4 Å². The number of nitrogens with zero attached hydrogens (tertiary/aromatic N) is 1. The standard InChI is InChI=1S/C18H23NO5/c1-13(2)6-8-23-15-5-3-4-14(10-15)18(22)19-7-9-24-16(12-19)11-17(20)21/h3-6,10,16H,7-9,11-12H2,1-2H3,(H,20,21). The maximum Gasteiger partial charge on any atom is 0.306 e. The lowest BCUT2D eigenvalue weighted by Crippen LogP contribution is -2.46. The molecule has 1 unspecified atom stereocenters. The molecule has 1 aliphatic heterocycles. The van der Waals surface area contributed by atoms with Crippen LogP contribution in [-0.2, 0) is 9.53 Å². The van der Waals surface area contributed by atoms with Crippen LogP contribution in [0.2, 0.25) is 0 Å². The minimum Gasteiger partial charge on any atom is -0.490 e. The van der Waals surface area contributed by atoms with Crippen LogP contribution in [0.5, 0.6) is 5.75 Å². The normalized spacial score (nSPS) is 17.2. The quantitative estimate of drug-likeness (QED) is 0.809. The number of benzene rings is 1. The fraction of sp³-hybridized carbons (Fsp3) is 0.444. The minimum atomic E-state index is -0.927. The van der Waals surface area contributed by atoms with E-state index in [-0.39, 0.29) is 18.9 Å². The molecule has 1 aromatic carbocycles. The van der Waals surface area contributed by atoms with Gasteiger partial charge in [0.2, 0.25) is 0 Å². The van der Waals surface area contributed by atoms with Crippen LogP contribution in [0.25, 0.3) is 0 Å². The summed E-state index contributed by atoms with van der Waals surface area (Å²) in [5, 5.41) is 8.86. The van der Waals surface area contributed by atoms with E-state index in [4.69, 9.17) is 14.6 Å². The Morgan fingerprint density at radius 3 is 2.92 bits per heavy atom. The zero-order valence-electron chi connectivity index (χ0n) is 14.0. The van der Waals surface area contributed by atoms with Crippen molar-refractivity contribution in [1.82, 2.24) is 4.90 Å². The van der Waals surface area contributed by atoms with Gasteiger partial charge in [0.15, 0.2) is 0 Å². The Bertz CT molecular complexity index is 622. The van der Waals surface area contributed by atoms with Gasteiger partial charge in [-0.1, -0.05) is 11.6 Å². The van der Waals surface area contributed by atoms with Gasteiger partial charge in [-0.3, -0.25) is 9.59 Å². The summed E-state index contributed by atoms with van der Waals surface area (Å²) in [6.07, 6.45) is 1.40. The van der Waals surface area contributed by atoms with Crippen molar-refractivity contribution in [3.63, 3.8) is 0 Å². The molecule has 1 atom stereocenters. The van der Waals surface area contributed by atoms with Crippen molar-refractivity contribution >= 4 is 11.9 Å². The highest BCUT2D eigenvalue weighted by atomic mass is 16.5. The molecular weight excluding hydrogens is 310 g/mol. The zero-order chi connectivity index (χ0) is 17.5. The van der Waals surface area contributed by atoms with Gasteiger partial charge < -0.3 is 19.5 Å². The van der Waals surface area contributed by atoms with E-state index in [1.54, 1.807) is 23.1 Å². The molecule has 130 valence electrons. The van der Waals surface area contributed by atoms with Gasteiger partial charge >= 0.3 is 5.97 Å². The summed E-state index contributed by atoms with van der Waals surface area (Å²) in [5.41, 5.74) is 1.70. The molecule has 24 heavy (non-hydrogen) atoms. The van der Waals surface area contributed by atoms with Crippen LogP contribution in [0.3, 0.4) is 0 Å². The number of hydrogen-bond acceptors (Lipinski definition) is 4. The van der Waals surface area contributed by atoms with Gasteiger partial charge in [-0.15, -0.1) is 0 Å². The van der Waals surface area contributed by atoms with Gasteiger partial charge in [-0.05, 0) is 38.1 Å². The van der Waals surface area contributed by atoms with Gasteiger partial charge in [0, 0.05) is 18.7 Å². The monoisotopic (exact) mass is 333 g/mol. The Morgan fingerprint density at radius 1 is 1.42 bits per heavy atom. The van der Waals surface area contributed by atoms with Gasteiger partial charge in [-0.25, -0.2) is 0 Å². The van der Waals surface area contributed by atoms with E-state index in [2.05, 4.69) is 0 Å². The van der Waals surface area contributed by atoms with Crippen LogP contribution in [-0.4, -0.2) is 54.3 Å². The maximum absolute atomic E-state index is 12.6. The van der Waals surface area contributed by atoms with Crippen LogP contribution in [0.1, 0.15) is 30.6 Å². The number of aliphatic carboxylic acids is 1. The number of amides is 1. The number of morpholine rings is 1. The van der Waals surface area contributed by atoms with Gasteiger partial charge in [0.05, 0.1) is 19.1 Å². The summed E-state index contributed by atoms with van der Waals surface area (Å²) in [5.74, 6) is -0.431. The molecule has 2 rings (SSSR count). The molecule has 6 nitrogen and oxygen atoms in total. The maximum atomic E-state index is 12.6. The Hall–Kier alpha value is -2.34. The summed E-state index contributed by atoms with van der Waals surface area (Å²) < 4.78 is 11.0. The molecule has 1 heterocycles. The first-order chi connectivity index (χ1) is 11.5. The molecule has 1 N–H and O–H groups in total. The van der Waals surface area contributed by atoms with E-state index in [1.807, 2.05) is 26.0 Å². The fourth-order valence-corrected chi connectivity index (χ4v) is 2.43. The number of carboxylic acid groups (broad SMARTS) is 1. The third-order valence-corrected chi connectivity index (χ3v) is 3.65. The van der Waals surface area contributed by atoms with E-state index in [1.165, 1.54) is 5.57 Å². The Morgan fingerprint density at radius 2 is 2.21 bits per heavy atom. The fourth-order valence-electron chi connectivity index (χ4n) is 2.43. The molecule has 0 aliphatic carbocycles. The number of rotatable bonds is 6. The lowest BCUT2D eigenvalue weighted by molar-refractivity contribution is -0.141. The Kier molecular flexibility index (Phi) is 6.37. The van der Waals surface area contributed by atoms with Crippen molar-refractivity contribution in [2.24, 2.45) is 0 Å². The first-order valence-electron chi connectivity index (χ1n) is 7.94. The van der Waals surface area contributed by atoms with Gasteiger partial charge in [0.25, 0.3) is 5.91 Å². The van der Waals surface area contributed by atoms with Crippen LogP contribution in [0.4, 0.5) is 0 Å². The summed E-state index contributed by atoms with van der Waals surface area (Å²) in [6, 6.07) is 7.03. The molecule has 1 fully saturated rings. The van der Waals surface area contributed by atoms with Crippen molar-refractivity contribution in [3.05, 3.63) is 41.5 Å². The number of carboxylic acids is 1. The van der Waals surface area contributed by atoms with E-state index in [9.17, 15) is 9.59 Å². The van der Waals surface area contributed by atoms with Crippen LogP contribution in [0.15, 0.2) is 35.9 Å². The van der Waals surface area contributed by atoms with Crippen LogP contribution in [0, 0.1) is 0 Å². The molecule has 0 spiro atoms. The summed E-state index contributed by atoms with van der Waals surface area (Å²) >= 11 is 0.